The molecule has 0 saturated carbocycles. The van der Waals surface area contributed by atoms with E-state index in [4.69, 9.17) is 16.3 Å². The van der Waals surface area contributed by atoms with Crippen LogP contribution in [-0.2, 0) is 19.7 Å². The van der Waals surface area contributed by atoms with Gasteiger partial charge in [-0.1, -0.05) is 29.0 Å². The van der Waals surface area contributed by atoms with Crippen molar-refractivity contribution >= 4 is 51.7 Å². The van der Waals surface area contributed by atoms with Gasteiger partial charge >= 0.3 is 5.97 Å². The fourth-order valence-electron chi connectivity index (χ4n) is 4.57. The van der Waals surface area contributed by atoms with Crippen molar-refractivity contribution in [1.82, 2.24) is 9.88 Å². The Morgan fingerprint density at radius 1 is 1.36 bits per heavy atom. The summed E-state index contributed by atoms with van der Waals surface area (Å²) in [6.45, 7) is 7.86. The summed E-state index contributed by atoms with van der Waals surface area (Å²) < 4.78 is 5.63. The number of nitrogens with one attached hydrogen (secondary N) is 1. The van der Waals surface area contributed by atoms with E-state index in [-0.39, 0.29) is 17.3 Å². The molecule has 1 atom stereocenters. The van der Waals surface area contributed by atoms with Crippen LogP contribution >= 0.6 is 22.9 Å². The number of carbonyl (C=O) groups excluding carboxylic acids is 2. The van der Waals surface area contributed by atoms with Crippen molar-refractivity contribution in [2.45, 2.75) is 32.6 Å². The second-order valence-corrected chi connectivity index (χ2v) is 9.85. The molecule has 1 saturated heterocycles. The highest BCUT2D eigenvalue weighted by molar-refractivity contribution is 7.19. The summed E-state index contributed by atoms with van der Waals surface area (Å²) in [5.74, 6) is 0.641. The van der Waals surface area contributed by atoms with E-state index in [1.165, 1.54) is 23.0 Å². The number of aromatic nitrogens is 1. The number of ether oxygens (including phenoxy) is 1. The number of amides is 1. The number of anilines is 2. The molecule has 0 radical (unpaired) electrons. The van der Waals surface area contributed by atoms with Crippen molar-refractivity contribution in [2.75, 3.05) is 36.5 Å². The van der Waals surface area contributed by atoms with Gasteiger partial charge in [0.2, 0.25) is 5.91 Å². The van der Waals surface area contributed by atoms with Crippen LogP contribution in [0.4, 0.5) is 10.8 Å². The number of rotatable bonds is 6. The Morgan fingerprint density at radius 2 is 2.18 bits per heavy atom. The molecule has 1 N–H and O–H groups in total. The van der Waals surface area contributed by atoms with Gasteiger partial charge in [0.15, 0.2) is 5.13 Å². The lowest BCUT2D eigenvalue weighted by atomic mass is 9.81. The standard InChI is InChI=1S/C24H27ClN4O3S/c1-4-21(27-23-26-13-20(25)33-23)29-15-24(10-11-28(14-24)16(3)30)18-12-17(6-8-19(18)29)7-9-22(31)32-5-2/h4,6-9,12-13H,5,10-11,14-15H2,1-3H3,(H,26,27)/b9-7+,21-4?. The van der Waals surface area contributed by atoms with Gasteiger partial charge in [-0.25, -0.2) is 9.78 Å². The molecule has 174 valence electrons. The van der Waals surface area contributed by atoms with Crippen LogP contribution in [0.2, 0.25) is 4.34 Å². The maximum Gasteiger partial charge on any atom is 0.330 e. The van der Waals surface area contributed by atoms with Gasteiger partial charge in [0, 0.05) is 43.7 Å². The summed E-state index contributed by atoms with van der Waals surface area (Å²) in [7, 11) is 0. The predicted octanol–water partition coefficient (Wildman–Crippen LogP) is 4.66. The van der Waals surface area contributed by atoms with Crippen LogP contribution in [0.3, 0.4) is 0 Å². The van der Waals surface area contributed by atoms with Crippen molar-refractivity contribution in [3.05, 3.63) is 57.8 Å². The highest BCUT2D eigenvalue weighted by Crippen LogP contribution is 2.48. The summed E-state index contributed by atoms with van der Waals surface area (Å²) in [4.78, 5) is 32.4. The number of hydrogen-bond acceptors (Lipinski definition) is 7. The normalized spacial score (nSPS) is 20.1. The number of esters is 1. The van der Waals surface area contributed by atoms with Crippen LogP contribution in [0, 0.1) is 0 Å². The average Bonchev–Trinajstić information content (AvgIpc) is 3.49. The summed E-state index contributed by atoms with van der Waals surface area (Å²) in [6, 6.07) is 6.19. The number of benzene rings is 1. The molecule has 2 aliphatic rings. The van der Waals surface area contributed by atoms with E-state index in [0.717, 1.165) is 41.7 Å². The Hall–Kier alpha value is -2.84. The monoisotopic (exact) mass is 486 g/mol. The highest BCUT2D eigenvalue weighted by Gasteiger charge is 2.48. The molecule has 9 heteroatoms. The van der Waals surface area contributed by atoms with Gasteiger partial charge in [0.1, 0.15) is 10.2 Å². The first-order chi connectivity index (χ1) is 15.8. The summed E-state index contributed by atoms with van der Waals surface area (Å²) >= 11 is 7.45. The Kier molecular flexibility index (Phi) is 6.76. The van der Waals surface area contributed by atoms with Crippen LogP contribution in [0.15, 0.2) is 42.4 Å². The summed E-state index contributed by atoms with van der Waals surface area (Å²) in [5.41, 5.74) is 2.99. The number of halogens is 1. The van der Waals surface area contributed by atoms with Gasteiger partial charge in [-0.05, 0) is 55.7 Å². The fraction of sp³-hybridized carbons (Fsp3) is 0.375. The summed E-state index contributed by atoms with van der Waals surface area (Å²) in [6.07, 6.45) is 7.75. The first kappa shape index (κ1) is 23.3. The van der Waals surface area contributed by atoms with E-state index >= 15 is 0 Å². The number of likely N-dealkylation sites (tertiary alicyclic amines) is 1. The van der Waals surface area contributed by atoms with Gasteiger partial charge in [-0.2, -0.15) is 0 Å². The quantitative estimate of drug-likeness (QED) is 0.473. The number of fused-ring (bicyclic) bond motifs is 2. The largest absolute Gasteiger partial charge is 0.463 e. The van der Waals surface area contributed by atoms with Crippen molar-refractivity contribution < 1.29 is 14.3 Å². The molecule has 7 nitrogen and oxygen atoms in total. The Morgan fingerprint density at radius 3 is 2.82 bits per heavy atom. The van der Waals surface area contributed by atoms with E-state index < -0.39 is 0 Å². The van der Waals surface area contributed by atoms with E-state index in [0.29, 0.717) is 17.5 Å². The van der Waals surface area contributed by atoms with Gasteiger partial charge in [-0.3, -0.25) is 4.79 Å². The average molecular weight is 487 g/mol. The predicted molar refractivity (Wildman–Crippen MR) is 133 cm³/mol. The summed E-state index contributed by atoms with van der Waals surface area (Å²) in [5, 5.41) is 4.12. The van der Waals surface area contributed by atoms with E-state index in [1.807, 2.05) is 24.0 Å². The number of nitrogens with zero attached hydrogens (tertiary/aromatic N) is 3. The minimum atomic E-state index is -0.361. The molecule has 2 aliphatic heterocycles. The number of thiazole rings is 1. The van der Waals surface area contributed by atoms with Crippen LogP contribution < -0.4 is 10.2 Å². The Balaban J connectivity index is 1.69. The van der Waals surface area contributed by atoms with Gasteiger partial charge in [-0.15, -0.1) is 0 Å². The molecule has 0 bridgehead atoms. The minimum Gasteiger partial charge on any atom is -0.463 e. The van der Waals surface area contributed by atoms with Crippen LogP contribution in [0.1, 0.15) is 38.3 Å². The number of hydrogen-bond donors (Lipinski definition) is 1. The van der Waals surface area contributed by atoms with Crippen molar-refractivity contribution in [2.24, 2.45) is 0 Å². The van der Waals surface area contributed by atoms with E-state index in [2.05, 4.69) is 27.3 Å². The molecule has 1 fully saturated rings. The molecule has 1 aromatic heterocycles. The zero-order valence-electron chi connectivity index (χ0n) is 18.9. The van der Waals surface area contributed by atoms with Gasteiger partial charge in [0.25, 0.3) is 0 Å². The third-order valence-electron chi connectivity index (χ3n) is 6.12. The number of allylic oxidation sites excluding steroid dienone is 1. The lowest BCUT2D eigenvalue weighted by Crippen LogP contribution is -2.38. The van der Waals surface area contributed by atoms with Crippen molar-refractivity contribution in [3.63, 3.8) is 0 Å². The molecule has 1 spiro atoms. The second kappa shape index (κ2) is 9.57. The van der Waals surface area contributed by atoms with Crippen LogP contribution in [0.5, 0.6) is 0 Å². The van der Waals surface area contributed by atoms with Crippen LogP contribution in [0.25, 0.3) is 6.08 Å². The fourth-order valence-corrected chi connectivity index (χ4v) is 5.39. The highest BCUT2D eigenvalue weighted by atomic mass is 35.5. The molecule has 1 aromatic carbocycles. The lowest BCUT2D eigenvalue weighted by molar-refractivity contribution is -0.137. The molecule has 3 heterocycles. The van der Waals surface area contributed by atoms with E-state index in [9.17, 15) is 9.59 Å². The third kappa shape index (κ3) is 4.77. The van der Waals surface area contributed by atoms with Crippen molar-refractivity contribution in [3.8, 4) is 0 Å². The maximum absolute atomic E-state index is 12.1. The number of carbonyl (C=O) groups is 2. The topological polar surface area (TPSA) is 74.8 Å². The van der Waals surface area contributed by atoms with Gasteiger partial charge < -0.3 is 19.9 Å². The smallest absolute Gasteiger partial charge is 0.330 e. The molecule has 0 aliphatic carbocycles. The van der Waals surface area contributed by atoms with Crippen molar-refractivity contribution in [1.29, 1.82) is 0 Å². The van der Waals surface area contributed by atoms with Gasteiger partial charge in [0.05, 0.1) is 12.8 Å². The first-order valence-electron chi connectivity index (χ1n) is 10.9. The van der Waals surface area contributed by atoms with E-state index in [1.54, 1.807) is 26.1 Å². The third-order valence-corrected chi connectivity index (χ3v) is 7.15. The lowest BCUT2D eigenvalue weighted by Gasteiger charge is -2.27. The molecule has 33 heavy (non-hydrogen) atoms. The zero-order chi connectivity index (χ0) is 23.6. The molecular weight excluding hydrogens is 460 g/mol. The Labute approximate surface area is 202 Å². The molecule has 4 rings (SSSR count). The van der Waals surface area contributed by atoms with Crippen LogP contribution in [-0.4, -0.2) is 48.0 Å². The second-order valence-electron chi connectivity index (χ2n) is 8.19. The molecule has 1 amide bonds. The minimum absolute atomic E-state index is 0.0899. The molecular formula is C24H27ClN4O3S. The Bertz CT molecular complexity index is 1130. The molecule has 2 aromatic rings. The maximum atomic E-state index is 12.1. The zero-order valence-corrected chi connectivity index (χ0v) is 20.5. The SMILES string of the molecule is CC=C(Nc1ncc(Cl)s1)N1CC2(CCN(C(C)=O)C2)c2cc(/C=C/C(=O)OCC)ccc21. The molecule has 1 unspecified atom stereocenters. The first-order valence-corrected chi connectivity index (χ1v) is 12.1.